The highest BCUT2D eigenvalue weighted by Crippen LogP contribution is 2.17. The largest absolute Gasteiger partial charge is 0.479 e. The summed E-state index contributed by atoms with van der Waals surface area (Å²) in [4.78, 5) is 35.6. The molecule has 0 radical (unpaired) electrons. The molecular weight excluding hydrogens is 336 g/mol. The van der Waals surface area contributed by atoms with E-state index in [2.05, 4.69) is 10.6 Å². The number of carbonyl (C=O) groups excluding carboxylic acids is 3. The first-order chi connectivity index (χ1) is 12.6. The molecule has 0 aromatic heterocycles. The molecule has 7 nitrogen and oxygen atoms in total. The van der Waals surface area contributed by atoms with Gasteiger partial charge in [-0.1, -0.05) is 44.4 Å². The van der Waals surface area contributed by atoms with Crippen LogP contribution in [0.15, 0.2) is 30.3 Å². The standard InChI is InChI=1S/C19H26N2O5/c1-2-16(26-15-11-7-4-8-12-15)18(23)25-13-17(22)21-19(24)20-14-9-5-3-6-10-14/h4,7-8,11-12,14,16H,2-3,5-6,9-10,13H2,1H3,(H2,20,21,22,24)/t16-/m0/s1. The van der Waals surface area contributed by atoms with Gasteiger partial charge in [-0.15, -0.1) is 0 Å². The van der Waals surface area contributed by atoms with Gasteiger partial charge in [0.25, 0.3) is 5.91 Å². The van der Waals surface area contributed by atoms with Crippen molar-refractivity contribution >= 4 is 17.9 Å². The topological polar surface area (TPSA) is 93.7 Å². The zero-order chi connectivity index (χ0) is 18.8. The van der Waals surface area contributed by atoms with Crippen molar-refractivity contribution in [3.63, 3.8) is 0 Å². The predicted molar refractivity (Wildman–Crippen MR) is 95.7 cm³/mol. The second kappa shape index (κ2) is 10.4. The Morgan fingerprint density at radius 2 is 1.81 bits per heavy atom. The third-order valence-corrected chi connectivity index (χ3v) is 4.19. The van der Waals surface area contributed by atoms with Crippen LogP contribution >= 0.6 is 0 Å². The molecule has 0 unspecified atom stereocenters. The number of rotatable bonds is 7. The summed E-state index contributed by atoms with van der Waals surface area (Å²) in [6.45, 7) is 1.26. The fraction of sp³-hybridized carbons (Fsp3) is 0.526. The number of benzene rings is 1. The predicted octanol–water partition coefficient (Wildman–Crippen LogP) is 2.55. The van der Waals surface area contributed by atoms with Crippen molar-refractivity contribution in [3.05, 3.63) is 30.3 Å². The minimum atomic E-state index is -0.804. The molecule has 1 aromatic carbocycles. The van der Waals surface area contributed by atoms with Crippen molar-refractivity contribution in [2.24, 2.45) is 0 Å². The van der Waals surface area contributed by atoms with Crippen molar-refractivity contribution < 1.29 is 23.9 Å². The lowest BCUT2D eigenvalue weighted by atomic mass is 9.96. The van der Waals surface area contributed by atoms with Gasteiger partial charge in [0.1, 0.15) is 5.75 Å². The second-order valence-electron chi connectivity index (χ2n) is 6.29. The van der Waals surface area contributed by atoms with Crippen LogP contribution in [0.1, 0.15) is 45.4 Å². The van der Waals surface area contributed by atoms with Gasteiger partial charge in [-0.25, -0.2) is 9.59 Å². The molecule has 1 aliphatic carbocycles. The molecule has 1 aliphatic rings. The molecule has 142 valence electrons. The third kappa shape index (κ3) is 6.74. The molecule has 26 heavy (non-hydrogen) atoms. The second-order valence-corrected chi connectivity index (χ2v) is 6.29. The number of imide groups is 1. The van der Waals surface area contributed by atoms with Crippen LogP contribution in [-0.2, 0) is 14.3 Å². The Kier molecular flexibility index (Phi) is 7.92. The number of urea groups is 1. The summed E-state index contributed by atoms with van der Waals surface area (Å²) in [5.74, 6) is -0.756. The van der Waals surface area contributed by atoms with Crippen LogP contribution < -0.4 is 15.4 Å². The van der Waals surface area contributed by atoms with E-state index in [0.717, 1.165) is 25.7 Å². The van der Waals surface area contributed by atoms with Crippen LogP contribution in [0.4, 0.5) is 4.79 Å². The Labute approximate surface area is 153 Å². The van der Waals surface area contributed by atoms with E-state index in [-0.39, 0.29) is 6.04 Å². The van der Waals surface area contributed by atoms with Gasteiger partial charge in [0, 0.05) is 6.04 Å². The van der Waals surface area contributed by atoms with Crippen LogP contribution in [0.3, 0.4) is 0 Å². The Morgan fingerprint density at radius 1 is 1.12 bits per heavy atom. The minimum absolute atomic E-state index is 0.0999. The number of ether oxygens (including phenoxy) is 2. The maximum atomic E-state index is 12.1. The first-order valence-corrected chi connectivity index (χ1v) is 9.07. The average Bonchev–Trinajstić information content (AvgIpc) is 2.65. The van der Waals surface area contributed by atoms with Crippen molar-refractivity contribution in [1.82, 2.24) is 10.6 Å². The monoisotopic (exact) mass is 362 g/mol. The molecule has 3 amide bonds. The molecule has 1 aromatic rings. The molecule has 2 N–H and O–H groups in total. The number of nitrogens with one attached hydrogen (secondary N) is 2. The summed E-state index contributed by atoms with van der Waals surface area (Å²) >= 11 is 0. The molecule has 1 fully saturated rings. The molecule has 0 heterocycles. The quantitative estimate of drug-likeness (QED) is 0.727. The molecule has 1 saturated carbocycles. The summed E-state index contributed by atoms with van der Waals surface area (Å²) in [5, 5.41) is 4.95. The number of amides is 3. The van der Waals surface area contributed by atoms with Crippen LogP contribution in [0.5, 0.6) is 5.75 Å². The number of esters is 1. The number of para-hydroxylation sites is 1. The van der Waals surface area contributed by atoms with Crippen LogP contribution in [0.25, 0.3) is 0 Å². The Balaban J connectivity index is 1.71. The normalized spacial score (nSPS) is 15.6. The molecule has 0 spiro atoms. The van der Waals surface area contributed by atoms with Gasteiger partial charge in [0.2, 0.25) is 0 Å². The van der Waals surface area contributed by atoms with Gasteiger partial charge in [-0.05, 0) is 31.4 Å². The lowest BCUT2D eigenvalue weighted by Gasteiger charge is -2.22. The SMILES string of the molecule is CC[C@H](Oc1ccccc1)C(=O)OCC(=O)NC(=O)NC1CCCCC1. The Bertz CT molecular complexity index is 599. The minimum Gasteiger partial charge on any atom is -0.479 e. The highest BCUT2D eigenvalue weighted by molar-refractivity contribution is 5.95. The maximum absolute atomic E-state index is 12.1. The van der Waals surface area contributed by atoms with E-state index in [9.17, 15) is 14.4 Å². The van der Waals surface area contributed by atoms with Crippen LogP contribution in [0, 0.1) is 0 Å². The number of hydrogen-bond acceptors (Lipinski definition) is 5. The van der Waals surface area contributed by atoms with E-state index in [0.29, 0.717) is 12.2 Å². The summed E-state index contributed by atoms with van der Waals surface area (Å²) in [5.41, 5.74) is 0. The third-order valence-electron chi connectivity index (χ3n) is 4.19. The summed E-state index contributed by atoms with van der Waals surface area (Å²) in [6.07, 6.45) is 4.78. The van der Waals surface area contributed by atoms with E-state index in [1.807, 2.05) is 6.07 Å². The fourth-order valence-electron chi connectivity index (χ4n) is 2.82. The number of carbonyl (C=O) groups is 3. The van der Waals surface area contributed by atoms with E-state index >= 15 is 0 Å². The summed E-state index contributed by atoms with van der Waals surface area (Å²) in [7, 11) is 0. The van der Waals surface area contributed by atoms with Gasteiger partial charge >= 0.3 is 12.0 Å². The van der Waals surface area contributed by atoms with Gasteiger partial charge in [-0.2, -0.15) is 0 Å². The fourth-order valence-corrected chi connectivity index (χ4v) is 2.82. The van der Waals surface area contributed by atoms with Gasteiger partial charge in [-0.3, -0.25) is 10.1 Å². The van der Waals surface area contributed by atoms with Crippen molar-refractivity contribution in [3.8, 4) is 5.75 Å². The molecule has 0 bridgehead atoms. The number of hydrogen-bond donors (Lipinski definition) is 2. The van der Waals surface area contributed by atoms with Crippen LogP contribution in [0.2, 0.25) is 0 Å². The van der Waals surface area contributed by atoms with E-state index in [1.165, 1.54) is 6.42 Å². The Morgan fingerprint density at radius 3 is 2.46 bits per heavy atom. The van der Waals surface area contributed by atoms with Crippen molar-refractivity contribution in [1.29, 1.82) is 0 Å². The molecule has 1 atom stereocenters. The maximum Gasteiger partial charge on any atom is 0.347 e. The zero-order valence-corrected chi connectivity index (χ0v) is 15.0. The Hall–Kier alpha value is -2.57. The first-order valence-electron chi connectivity index (χ1n) is 9.07. The van der Waals surface area contributed by atoms with E-state index < -0.39 is 30.6 Å². The average molecular weight is 362 g/mol. The molecular formula is C19H26N2O5. The van der Waals surface area contributed by atoms with Gasteiger partial charge in [0.15, 0.2) is 12.7 Å². The smallest absolute Gasteiger partial charge is 0.347 e. The lowest BCUT2D eigenvalue weighted by Crippen LogP contribution is -2.46. The van der Waals surface area contributed by atoms with Gasteiger partial charge < -0.3 is 14.8 Å². The zero-order valence-electron chi connectivity index (χ0n) is 15.0. The highest BCUT2D eigenvalue weighted by Gasteiger charge is 2.22. The lowest BCUT2D eigenvalue weighted by molar-refractivity contribution is -0.155. The molecule has 0 saturated heterocycles. The van der Waals surface area contributed by atoms with E-state index in [1.54, 1.807) is 31.2 Å². The molecule has 0 aliphatic heterocycles. The van der Waals surface area contributed by atoms with Gasteiger partial charge in [0.05, 0.1) is 0 Å². The molecule has 2 rings (SSSR count). The van der Waals surface area contributed by atoms with Crippen molar-refractivity contribution in [2.75, 3.05) is 6.61 Å². The van der Waals surface area contributed by atoms with E-state index in [4.69, 9.17) is 9.47 Å². The van der Waals surface area contributed by atoms with Crippen molar-refractivity contribution in [2.45, 2.75) is 57.6 Å². The first kappa shape index (κ1) is 19.8. The van der Waals surface area contributed by atoms with Crippen LogP contribution in [-0.4, -0.2) is 36.7 Å². The highest BCUT2D eigenvalue weighted by atomic mass is 16.6. The summed E-state index contributed by atoms with van der Waals surface area (Å²) < 4.78 is 10.5. The molecule has 7 heteroatoms. The summed E-state index contributed by atoms with van der Waals surface area (Å²) in [6, 6.07) is 8.46.